The topological polar surface area (TPSA) is 80.0 Å². The Kier molecular flexibility index (Phi) is 5.07. The lowest BCUT2D eigenvalue weighted by Gasteiger charge is -2.08. The number of anilines is 1. The summed E-state index contributed by atoms with van der Waals surface area (Å²) < 4.78 is 1.45. The summed E-state index contributed by atoms with van der Waals surface area (Å²) in [4.78, 5) is 11.9. The van der Waals surface area contributed by atoms with E-state index in [-0.39, 0.29) is 19.1 Å². The largest absolute Gasteiger partial charge is 0.395 e. The number of aliphatic hydroxyl groups excluding tert-OH is 1. The quantitative estimate of drug-likeness (QED) is 0.820. The van der Waals surface area contributed by atoms with Gasteiger partial charge in [0.1, 0.15) is 6.54 Å². The Morgan fingerprint density at radius 2 is 2.33 bits per heavy atom. The standard InChI is InChI=1S/C15H16N4O2/c1-12-5-6-13(4-2-3-9-20)10-14(12)17-15(21)11-19-8-7-16-18-19/h5-8,10,20H,3,9,11H2,1H3,(H,17,21). The maximum atomic E-state index is 11.9. The summed E-state index contributed by atoms with van der Waals surface area (Å²) >= 11 is 0. The van der Waals surface area contributed by atoms with Crippen molar-refractivity contribution >= 4 is 11.6 Å². The Morgan fingerprint density at radius 1 is 1.48 bits per heavy atom. The molecule has 0 bridgehead atoms. The average molecular weight is 284 g/mol. The molecule has 0 aliphatic heterocycles. The molecule has 0 unspecified atom stereocenters. The van der Waals surface area contributed by atoms with E-state index in [4.69, 9.17) is 5.11 Å². The molecule has 0 aliphatic rings. The number of nitrogens with one attached hydrogen (secondary N) is 1. The first-order valence-corrected chi connectivity index (χ1v) is 6.53. The van der Waals surface area contributed by atoms with E-state index in [9.17, 15) is 4.79 Å². The van der Waals surface area contributed by atoms with Crippen molar-refractivity contribution in [2.45, 2.75) is 19.9 Å². The molecule has 0 atom stereocenters. The van der Waals surface area contributed by atoms with E-state index < -0.39 is 0 Å². The van der Waals surface area contributed by atoms with Gasteiger partial charge in [0.2, 0.25) is 5.91 Å². The van der Waals surface area contributed by atoms with Crippen LogP contribution in [0.25, 0.3) is 0 Å². The van der Waals surface area contributed by atoms with Gasteiger partial charge in [0.15, 0.2) is 0 Å². The van der Waals surface area contributed by atoms with Crippen molar-refractivity contribution in [1.29, 1.82) is 0 Å². The van der Waals surface area contributed by atoms with Crippen LogP contribution in [0, 0.1) is 18.8 Å². The first kappa shape index (κ1) is 14.8. The molecule has 2 rings (SSSR count). The number of nitrogens with zero attached hydrogens (tertiary/aromatic N) is 3. The second kappa shape index (κ2) is 7.22. The lowest BCUT2D eigenvalue weighted by atomic mass is 10.1. The first-order chi connectivity index (χ1) is 10.2. The van der Waals surface area contributed by atoms with Gasteiger partial charge in [-0.05, 0) is 24.6 Å². The summed E-state index contributed by atoms with van der Waals surface area (Å²) in [7, 11) is 0. The fourth-order valence-electron chi connectivity index (χ4n) is 1.71. The van der Waals surface area contributed by atoms with Crippen molar-refractivity contribution in [3.8, 4) is 11.8 Å². The number of aromatic nitrogens is 3. The molecule has 0 fully saturated rings. The lowest BCUT2D eigenvalue weighted by Crippen LogP contribution is -2.19. The number of hydrogen-bond acceptors (Lipinski definition) is 4. The van der Waals surface area contributed by atoms with Gasteiger partial charge in [0.05, 0.1) is 12.8 Å². The van der Waals surface area contributed by atoms with Crippen LogP contribution in [0.3, 0.4) is 0 Å². The van der Waals surface area contributed by atoms with Gasteiger partial charge in [-0.15, -0.1) is 5.10 Å². The molecule has 0 saturated heterocycles. The average Bonchev–Trinajstić information content (AvgIpc) is 2.95. The highest BCUT2D eigenvalue weighted by atomic mass is 16.2. The Bertz CT molecular complexity index is 669. The van der Waals surface area contributed by atoms with Crippen LogP contribution in [0.5, 0.6) is 0 Å². The van der Waals surface area contributed by atoms with Gasteiger partial charge in [-0.3, -0.25) is 4.79 Å². The summed E-state index contributed by atoms with van der Waals surface area (Å²) in [6, 6.07) is 5.60. The highest BCUT2D eigenvalue weighted by Crippen LogP contribution is 2.16. The SMILES string of the molecule is Cc1ccc(C#CCCO)cc1NC(=O)Cn1ccnn1. The fraction of sp³-hybridized carbons (Fsp3) is 0.267. The zero-order valence-electron chi connectivity index (χ0n) is 11.7. The minimum absolute atomic E-state index is 0.0420. The smallest absolute Gasteiger partial charge is 0.246 e. The molecule has 1 aromatic carbocycles. The number of carbonyl (C=O) groups is 1. The van der Waals surface area contributed by atoms with Crippen LogP contribution in [-0.2, 0) is 11.3 Å². The summed E-state index contributed by atoms with van der Waals surface area (Å²) in [6.07, 6.45) is 3.58. The van der Waals surface area contributed by atoms with Crippen molar-refractivity contribution in [1.82, 2.24) is 15.0 Å². The Labute approximate surface area is 122 Å². The molecule has 2 aromatic rings. The van der Waals surface area contributed by atoms with Crippen molar-refractivity contribution in [2.24, 2.45) is 0 Å². The van der Waals surface area contributed by atoms with Gasteiger partial charge < -0.3 is 10.4 Å². The van der Waals surface area contributed by atoms with E-state index in [0.717, 1.165) is 16.8 Å². The minimum Gasteiger partial charge on any atom is -0.395 e. The van der Waals surface area contributed by atoms with Gasteiger partial charge in [0, 0.05) is 23.9 Å². The monoisotopic (exact) mass is 284 g/mol. The van der Waals surface area contributed by atoms with E-state index in [1.54, 1.807) is 6.20 Å². The van der Waals surface area contributed by atoms with E-state index in [2.05, 4.69) is 27.5 Å². The van der Waals surface area contributed by atoms with Crippen molar-refractivity contribution in [3.05, 3.63) is 41.7 Å². The number of aryl methyl sites for hydroxylation is 1. The highest BCUT2D eigenvalue weighted by molar-refractivity contribution is 5.91. The third kappa shape index (κ3) is 4.44. The van der Waals surface area contributed by atoms with Gasteiger partial charge in [-0.25, -0.2) is 4.68 Å². The van der Waals surface area contributed by atoms with Crippen LogP contribution >= 0.6 is 0 Å². The number of rotatable bonds is 4. The second-order valence-electron chi connectivity index (χ2n) is 4.45. The van der Waals surface area contributed by atoms with Gasteiger partial charge >= 0.3 is 0 Å². The van der Waals surface area contributed by atoms with Crippen molar-refractivity contribution in [2.75, 3.05) is 11.9 Å². The minimum atomic E-state index is -0.177. The zero-order valence-corrected chi connectivity index (χ0v) is 11.7. The molecule has 0 radical (unpaired) electrons. The van der Waals surface area contributed by atoms with Gasteiger partial charge in [-0.1, -0.05) is 23.1 Å². The van der Waals surface area contributed by atoms with Crippen LogP contribution in [0.2, 0.25) is 0 Å². The molecular weight excluding hydrogens is 268 g/mol. The molecular formula is C15H16N4O2. The van der Waals surface area contributed by atoms with Crippen molar-refractivity contribution in [3.63, 3.8) is 0 Å². The number of aliphatic hydroxyl groups is 1. The Morgan fingerprint density at radius 3 is 3.05 bits per heavy atom. The molecule has 21 heavy (non-hydrogen) atoms. The Balaban J connectivity index is 2.06. The van der Waals surface area contributed by atoms with E-state index >= 15 is 0 Å². The van der Waals surface area contributed by atoms with Crippen LogP contribution in [0.4, 0.5) is 5.69 Å². The van der Waals surface area contributed by atoms with Gasteiger partial charge in [-0.2, -0.15) is 0 Å². The van der Waals surface area contributed by atoms with E-state index in [1.807, 2.05) is 25.1 Å². The predicted molar refractivity (Wildman–Crippen MR) is 78.4 cm³/mol. The normalized spacial score (nSPS) is 9.81. The second-order valence-corrected chi connectivity index (χ2v) is 4.45. The maximum Gasteiger partial charge on any atom is 0.246 e. The molecule has 1 aromatic heterocycles. The zero-order chi connectivity index (χ0) is 15.1. The molecule has 108 valence electrons. The third-order valence-corrected chi connectivity index (χ3v) is 2.76. The summed E-state index contributed by atoms with van der Waals surface area (Å²) in [5.41, 5.74) is 2.47. The van der Waals surface area contributed by atoms with Crippen LogP contribution in [0.1, 0.15) is 17.5 Å². The molecule has 6 heteroatoms. The predicted octanol–water partition coefficient (Wildman–Crippen LogP) is 0.959. The molecule has 6 nitrogen and oxygen atoms in total. The molecule has 0 saturated carbocycles. The molecule has 1 heterocycles. The first-order valence-electron chi connectivity index (χ1n) is 6.53. The summed E-state index contributed by atoms with van der Waals surface area (Å²) in [6.45, 7) is 2.07. The number of amides is 1. The van der Waals surface area contributed by atoms with Gasteiger partial charge in [0.25, 0.3) is 0 Å². The number of benzene rings is 1. The summed E-state index contributed by atoms with van der Waals surface area (Å²) in [5.74, 6) is 5.62. The number of hydrogen-bond donors (Lipinski definition) is 2. The van der Waals surface area contributed by atoms with Crippen LogP contribution < -0.4 is 5.32 Å². The highest BCUT2D eigenvalue weighted by Gasteiger charge is 2.06. The van der Waals surface area contributed by atoms with E-state index in [1.165, 1.54) is 10.9 Å². The lowest BCUT2D eigenvalue weighted by molar-refractivity contribution is -0.116. The fourth-order valence-corrected chi connectivity index (χ4v) is 1.71. The molecule has 0 spiro atoms. The van der Waals surface area contributed by atoms with Crippen molar-refractivity contribution < 1.29 is 9.90 Å². The van der Waals surface area contributed by atoms with Crippen LogP contribution in [-0.4, -0.2) is 32.6 Å². The maximum absolute atomic E-state index is 11.9. The molecule has 1 amide bonds. The summed E-state index contributed by atoms with van der Waals surface area (Å²) in [5, 5.41) is 18.9. The Hall–Kier alpha value is -2.65. The number of carbonyl (C=O) groups excluding carboxylic acids is 1. The molecule has 0 aliphatic carbocycles. The van der Waals surface area contributed by atoms with E-state index in [0.29, 0.717) is 6.42 Å². The molecule has 2 N–H and O–H groups in total. The third-order valence-electron chi connectivity index (χ3n) is 2.76. The van der Waals surface area contributed by atoms with Crippen LogP contribution in [0.15, 0.2) is 30.6 Å².